The van der Waals surface area contributed by atoms with E-state index in [1.165, 1.54) is 4.31 Å². The zero-order valence-corrected chi connectivity index (χ0v) is 19.4. The number of ketones is 1. The molecule has 0 unspecified atom stereocenters. The van der Waals surface area contributed by atoms with Crippen molar-refractivity contribution < 1.29 is 18.0 Å². The van der Waals surface area contributed by atoms with Crippen molar-refractivity contribution in [1.29, 1.82) is 0 Å². The van der Waals surface area contributed by atoms with Crippen molar-refractivity contribution in [3.63, 3.8) is 0 Å². The lowest BCUT2D eigenvalue weighted by Crippen LogP contribution is -2.41. The third-order valence-electron chi connectivity index (χ3n) is 5.73. The van der Waals surface area contributed by atoms with Gasteiger partial charge in [0.1, 0.15) is 0 Å². The molecule has 0 aromatic heterocycles. The molecule has 1 aliphatic heterocycles. The van der Waals surface area contributed by atoms with Crippen molar-refractivity contribution in [3.8, 4) is 0 Å². The van der Waals surface area contributed by atoms with Crippen LogP contribution in [-0.4, -0.2) is 37.5 Å². The molecule has 1 amide bonds. The number of piperidine rings is 1. The maximum Gasteiger partial charge on any atom is 0.243 e. The van der Waals surface area contributed by atoms with Crippen LogP contribution in [0.4, 0.5) is 5.69 Å². The SMILES string of the molecule is O=C(c1ccccc1)c1cc(Cl)ccc1NC(=O)C1CCN(S(=O)(=O)c2ccccc2)CC1. The second-order valence-electron chi connectivity index (χ2n) is 7.87. The molecule has 3 aromatic rings. The van der Waals surface area contributed by atoms with E-state index in [0.717, 1.165) is 0 Å². The topological polar surface area (TPSA) is 83.6 Å². The van der Waals surface area contributed by atoms with E-state index in [2.05, 4.69) is 5.32 Å². The summed E-state index contributed by atoms with van der Waals surface area (Å²) in [5, 5.41) is 3.25. The zero-order valence-electron chi connectivity index (χ0n) is 17.8. The predicted molar refractivity (Wildman–Crippen MR) is 128 cm³/mol. The number of anilines is 1. The number of benzene rings is 3. The van der Waals surface area contributed by atoms with E-state index in [4.69, 9.17) is 11.6 Å². The molecule has 8 heteroatoms. The van der Waals surface area contributed by atoms with Crippen molar-refractivity contribution >= 4 is 39.0 Å². The molecule has 3 aromatic carbocycles. The van der Waals surface area contributed by atoms with Crippen LogP contribution in [0, 0.1) is 5.92 Å². The first-order valence-corrected chi connectivity index (χ1v) is 12.4. The third-order valence-corrected chi connectivity index (χ3v) is 7.87. The summed E-state index contributed by atoms with van der Waals surface area (Å²) in [5.74, 6) is -0.837. The minimum Gasteiger partial charge on any atom is -0.325 e. The molecule has 0 bridgehead atoms. The Morgan fingerprint density at radius 1 is 0.879 bits per heavy atom. The molecule has 4 rings (SSSR count). The Morgan fingerprint density at radius 2 is 1.48 bits per heavy atom. The van der Waals surface area contributed by atoms with Crippen LogP contribution in [0.3, 0.4) is 0 Å². The molecule has 1 aliphatic rings. The molecule has 1 fully saturated rings. The minimum absolute atomic E-state index is 0.239. The largest absolute Gasteiger partial charge is 0.325 e. The number of amides is 1. The number of rotatable bonds is 6. The highest BCUT2D eigenvalue weighted by atomic mass is 35.5. The maximum atomic E-state index is 13.0. The van der Waals surface area contributed by atoms with Gasteiger partial charge in [0.2, 0.25) is 15.9 Å². The lowest BCUT2D eigenvalue weighted by atomic mass is 9.96. The Labute approximate surface area is 198 Å². The van der Waals surface area contributed by atoms with Gasteiger partial charge in [-0.05, 0) is 43.2 Å². The highest BCUT2D eigenvalue weighted by molar-refractivity contribution is 7.89. The predicted octanol–water partition coefficient (Wildman–Crippen LogP) is 4.61. The van der Waals surface area contributed by atoms with Crippen LogP contribution in [0.15, 0.2) is 83.8 Å². The van der Waals surface area contributed by atoms with E-state index in [0.29, 0.717) is 34.7 Å². The summed E-state index contributed by atoms with van der Waals surface area (Å²) in [4.78, 5) is 26.2. The van der Waals surface area contributed by atoms with Crippen LogP contribution >= 0.6 is 11.6 Å². The lowest BCUT2D eigenvalue weighted by Gasteiger charge is -2.30. The summed E-state index contributed by atoms with van der Waals surface area (Å²) in [6.07, 6.45) is 0.793. The van der Waals surface area contributed by atoms with Crippen LogP contribution in [-0.2, 0) is 14.8 Å². The van der Waals surface area contributed by atoms with Crippen LogP contribution in [0.2, 0.25) is 5.02 Å². The number of hydrogen-bond donors (Lipinski definition) is 1. The Kier molecular flexibility index (Phi) is 6.93. The van der Waals surface area contributed by atoms with Gasteiger partial charge in [-0.25, -0.2) is 8.42 Å². The quantitative estimate of drug-likeness (QED) is 0.520. The second kappa shape index (κ2) is 9.87. The molecule has 0 atom stereocenters. The van der Waals surface area contributed by atoms with E-state index in [9.17, 15) is 18.0 Å². The highest BCUT2D eigenvalue weighted by Crippen LogP contribution is 2.27. The molecular weight excluding hydrogens is 460 g/mol. The van der Waals surface area contributed by atoms with Gasteiger partial charge in [0.15, 0.2) is 5.78 Å². The molecule has 0 aliphatic carbocycles. The molecular formula is C25H23ClN2O4S. The van der Waals surface area contributed by atoms with Gasteiger partial charge in [0, 0.05) is 35.2 Å². The van der Waals surface area contributed by atoms with E-state index in [1.54, 1.807) is 72.8 Å². The summed E-state index contributed by atoms with van der Waals surface area (Å²) in [7, 11) is -3.58. The number of nitrogens with one attached hydrogen (secondary N) is 1. The zero-order chi connectivity index (χ0) is 23.4. The van der Waals surface area contributed by atoms with E-state index in [-0.39, 0.29) is 35.6 Å². The average Bonchev–Trinajstić information content (AvgIpc) is 2.85. The van der Waals surface area contributed by atoms with Crippen LogP contribution in [0.5, 0.6) is 0 Å². The number of hydrogen-bond acceptors (Lipinski definition) is 4. The minimum atomic E-state index is -3.58. The molecule has 33 heavy (non-hydrogen) atoms. The smallest absolute Gasteiger partial charge is 0.243 e. The fourth-order valence-electron chi connectivity index (χ4n) is 3.89. The summed E-state index contributed by atoms with van der Waals surface area (Å²) in [6, 6.07) is 21.8. The summed E-state index contributed by atoms with van der Waals surface area (Å²) < 4.78 is 27.0. The Morgan fingerprint density at radius 3 is 2.12 bits per heavy atom. The van der Waals surface area contributed by atoms with Gasteiger partial charge in [-0.3, -0.25) is 9.59 Å². The van der Waals surface area contributed by atoms with E-state index < -0.39 is 10.0 Å². The van der Waals surface area contributed by atoms with Gasteiger partial charge in [-0.15, -0.1) is 0 Å². The van der Waals surface area contributed by atoms with Crippen molar-refractivity contribution in [1.82, 2.24) is 4.31 Å². The first-order valence-electron chi connectivity index (χ1n) is 10.6. The van der Waals surface area contributed by atoms with Crippen LogP contribution < -0.4 is 5.32 Å². The van der Waals surface area contributed by atoms with Gasteiger partial charge in [0.05, 0.1) is 10.6 Å². The highest BCUT2D eigenvalue weighted by Gasteiger charge is 2.32. The standard InChI is InChI=1S/C25H23ClN2O4S/c26-20-11-12-23(22(17-20)24(29)18-7-3-1-4-8-18)27-25(30)19-13-15-28(16-14-19)33(31,32)21-9-5-2-6-10-21/h1-12,17,19H,13-16H2,(H,27,30). The molecule has 1 heterocycles. The normalized spacial score (nSPS) is 15.2. The van der Waals surface area contributed by atoms with Crippen molar-refractivity contribution in [3.05, 3.63) is 95.0 Å². The molecule has 0 radical (unpaired) electrons. The Hall–Kier alpha value is -3.00. The Balaban J connectivity index is 1.45. The van der Waals surface area contributed by atoms with Gasteiger partial charge in [-0.1, -0.05) is 60.1 Å². The summed E-state index contributed by atoms with van der Waals surface area (Å²) >= 11 is 6.12. The van der Waals surface area contributed by atoms with Gasteiger partial charge in [0.25, 0.3) is 0 Å². The average molecular weight is 483 g/mol. The first kappa shape index (κ1) is 23.2. The van der Waals surface area contributed by atoms with E-state index in [1.807, 2.05) is 6.07 Å². The number of carbonyl (C=O) groups is 2. The van der Waals surface area contributed by atoms with Crippen molar-refractivity contribution in [2.45, 2.75) is 17.7 Å². The third kappa shape index (κ3) is 5.16. The summed E-state index contributed by atoms with van der Waals surface area (Å²) in [6.45, 7) is 0.511. The number of halogens is 1. The van der Waals surface area contributed by atoms with Gasteiger partial charge < -0.3 is 5.32 Å². The maximum absolute atomic E-state index is 13.0. The van der Waals surface area contributed by atoms with Gasteiger partial charge >= 0.3 is 0 Å². The van der Waals surface area contributed by atoms with Gasteiger partial charge in [-0.2, -0.15) is 4.31 Å². The number of sulfonamides is 1. The number of carbonyl (C=O) groups excluding carboxylic acids is 2. The fraction of sp³-hybridized carbons (Fsp3) is 0.200. The monoisotopic (exact) mass is 482 g/mol. The van der Waals surface area contributed by atoms with Crippen molar-refractivity contribution in [2.75, 3.05) is 18.4 Å². The summed E-state index contributed by atoms with van der Waals surface area (Å²) in [5.41, 5.74) is 1.19. The van der Waals surface area contributed by atoms with Crippen LogP contribution in [0.25, 0.3) is 0 Å². The molecule has 0 saturated carbocycles. The molecule has 1 N–H and O–H groups in total. The molecule has 0 spiro atoms. The lowest BCUT2D eigenvalue weighted by molar-refractivity contribution is -0.120. The first-order chi connectivity index (χ1) is 15.9. The van der Waals surface area contributed by atoms with E-state index >= 15 is 0 Å². The van der Waals surface area contributed by atoms with Crippen LogP contribution in [0.1, 0.15) is 28.8 Å². The van der Waals surface area contributed by atoms with Crippen molar-refractivity contribution in [2.24, 2.45) is 5.92 Å². The second-order valence-corrected chi connectivity index (χ2v) is 10.2. The molecule has 1 saturated heterocycles. The Bertz CT molecular complexity index is 1260. The molecule has 6 nitrogen and oxygen atoms in total. The fourth-order valence-corrected chi connectivity index (χ4v) is 5.56. The molecule has 170 valence electrons. The number of nitrogens with zero attached hydrogens (tertiary/aromatic N) is 1.